The molecule has 0 unspecified atom stereocenters. The van der Waals surface area contributed by atoms with Crippen LogP contribution in [0, 0.1) is 11.8 Å². The Morgan fingerprint density at radius 3 is 2.50 bits per heavy atom. The van der Waals surface area contributed by atoms with E-state index < -0.39 is 24.1 Å². The molecule has 0 aromatic carbocycles. The number of aliphatic hydroxyl groups excluding tert-OH is 2. The monoisotopic (exact) mass is 280 g/mol. The van der Waals surface area contributed by atoms with Crippen LogP contribution in [0.15, 0.2) is 11.6 Å². The fourth-order valence-electron chi connectivity index (χ4n) is 2.15. The molecule has 4 heteroatoms. The van der Waals surface area contributed by atoms with Crippen molar-refractivity contribution < 1.29 is 20.1 Å². The van der Waals surface area contributed by atoms with Crippen LogP contribution in [0.3, 0.4) is 0 Å². The molecule has 1 aliphatic rings. The third-order valence-corrected chi connectivity index (χ3v) is 3.57. The van der Waals surface area contributed by atoms with Gasteiger partial charge in [0, 0.05) is 6.42 Å². The molecule has 0 aromatic rings. The summed E-state index contributed by atoms with van der Waals surface area (Å²) in [4.78, 5) is 11.8. The summed E-state index contributed by atoms with van der Waals surface area (Å²) in [5, 5.41) is 28.3. The van der Waals surface area contributed by atoms with Crippen molar-refractivity contribution in [2.24, 2.45) is 0 Å². The zero-order valence-electron chi connectivity index (χ0n) is 12.1. The van der Waals surface area contributed by atoms with Gasteiger partial charge in [0.05, 0.1) is 12.2 Å². The smallest absolute Gasteiger partial charge is 0.207 e. The number of Topliss-reactive ketones (excluding diaryl/α,β-unsaturated/α-hetero) is 1. The maximum Gasteiger partial charge on any atom is 0.207 e. The first-order valence-corrected chi connectivity index (χ1v) is 7.33. The summed E-state index contributed by atoms with van der Waals surface area (Å²) < 4.78 is 0. The molecule has 0 saturated carbocycles. The Morgan fingerprint density at radius 1 is 1.25 bits per heavy atom. The van der Waals surface area contributed by atoms with Crippen LogP contribution in [0.4, 0.5) is 0 Å². The molecule has 1 aliphatic carbocycles. The van der Waals surface area contributed by atoms with Gasteiger partial charge in [-0.1, -0.05) is 50.9 Å². The summed E-state index contributed by atoms with van der Waals surface area (Å²) in [5.74, 6) is 4.88. The van der Waals surface area contributed by atoms with Crippen LogP contribution in [-0.4, -0.2) is 39.4 Å². The summed E-state index contributed by atoms with van der Waals surface area (Å²) in [6.07, 6.45) is 7.62. The highest BCUT2D eigenvalue weighted by atomic mass is 16.4. The Labute approximate surface area is 120 Å². The minimum Gasteiger partial charge on any atom is -0.393 e. The molecule has 0 aliphatic heterocycles. The molecule has 3 N–H and O–H groups in total. The number of ketones is 1. The summed E-state index contributed by atoms with van der Waals surface area (Å²) in [6, 6.07) is 0. The SMILES string of the molecule is CCCCCCCCC#CC1=C[C@H](O)[C@@](O)(CO)C1=O. The Bertz CT molecular complexity index is 416. The lowest BCUT2D eigenvalue weighted by molar-refractivity contribution is -0.144. The molecule has 0 spiro atoms. The fourth-order valence-corrected chi connectivity index (χ4v) is 2.15. The normalized spacial score (nSPS) is 25.3. The predicted octanol–water partition coefficient (Wildman–Crippen LogP) is 1.33. The molecular formula is C16H24O4. The summed E-state index contributed by atoms with van der Waals surface area (Å²) in [6.45, 7) is 1.38. The van der Waals surface area contributed by atoms with Crippen molar-refractivity contribution in [1.29, 1.82) is 0 Å². The van der Waals surface area contributed by atoms with Gasteiger partial charge < -0.3 is 15.3 Å². The highest BCUT2D eigenvalue weighted by Gasteiger charge is 2.48. The quantitative estimate of drug-likeness (QED) is 0.486. The predicted molar refractivity (Wildman–Crippen MR) is 76.9 cm³/mol. The lowest BCUT2D eigenvalue weighted by Crippen LogP contribution is -2.48. The van der Waals surface area contributed by atoms with Gasteiger partial charge in [-0.05, 0) is 12.5 Å². The van der Waals surface area contributed by atoms with Crippen LogP contribution >= 0.6 is 0 Å². The van der Waals surface area contributed by atoms with Crippen LogP contribution in [0.2, 0.25) is 0 Å². The van der Waals surface area contributed by atoms with Crippen LogP contribution in [0.1, 0.15) is 51.9 Å². The van der Waals surface area contributed by atoms with Crippen LogP contribution in [0.5, 0.6) is 0 Å². The Hall–Kier alpha value is -1.15. The second-order valence-electron chi connectivity index (χ2n) is 5.26. The molecule has 20 heavy (non-hydrogen) atoms. The van der Waals surface area contributed by atoms with Crippen LogP contribution in [0.25, 0.3) is 0 Å². The van der Waals surface area contributed by atoms with E-state index in [0.717, 1.165) is 12.8 Å². The van der Waals surface area contributed by atoms with E-state index in [1.165, 1.54) is 31.8 Å². The van der Waals surface area contributed by atoms with Crippen molar-refractivity contribution in [3.05, 3.63) is 11.6 Å². The summed E-state index contributed by atoms with van der Waals surface area (Å²) >= 11 is 0. The van der Waals surface area contributed by atoms with Gasteiger partial charge in [0.1, 0.15) is 6.10 Å². The van der Waals surface area contributed by atoms with Crippen molar-refractivity contribution in [1.82, 2.24) is 0 Å². The van der Waals surface area contributed by atoms with Gasteiger partial charge in [0.25, 0.3) is 0 Å². The average Bonchev–Trinajstić information content (AvgIpc) is 2.66. The molecular weight excluding hydrogens is 256 g/mol. The van der Waals surface area contributed by atoms with E-state index in [1.54, 1.807) is 0 Å². The molecule has 0 fully saturated rings. The molecule has 0 saturated heterocycles. The number of hydrogen-bond donors (Lipinski definition) is 3. The molecule has 0 amide bonds. The number of unbranched alkanes of at least 4 members (excludes halogenated alkanes) is 6. The molecule has 0 aromatic heterocycles. The average molecular weight is 280 g/mol. The van der Waals surface area contributed by atoms with Crippen molar-refractivity contribution in [2.45, 2.75) is 63.6 Å². The van der Waals surface area contributed by atoms with Gasteiger partial charge in [-0.2, -0.15) is 0 Å². The molecule has 0 bridgehead atoms. The lowest BCUT2D eigenvalue weighted by atomic mass is 9.97. The molecule has 1 rings (SSSR count). The van der Waals surface area contributed by atoms with Gasteiger partial charge in [0.15, 0.2) is 5.60 Å². The standard InChI is InChI=1S/C16H24O4/c1-2-3-4-5-6-7-8-9-10-13-11-14(18)16(20,12-17)15(13)19/h11,14,17-18,20H,2-8,12H2,1H3/t14-,16-/m0/s1. The first kappa shape index (κ1) is 16.9. The highest BCUT2D eigenvalue weighted by Crippen LogP contribution is 2.25. The molecule has 0 radical (unpaired) electrons. The zero-order valence-corrected chi connectivity index (χ0v) is 12.1. The van der Waals surface area contributed by atoms with E-state index >= 15 is 0 Å². The molecule has 2 atom stereocenters. The van der Waals surface area contributed by atoms with Crippen molar-refractivity contribution in [2.75, 3.05) is 6.61 Å². The first-order valence-electron chi connectivity index (χ1n) is 7.33. The lowest BCUT2D eigenvalue weighted by Gasteiger charge is -2.21. The topological polar surface area (TPSA) is 77.8 Å². The van der Waals surface area contributed by atoms with Gasteiger partial charge in [-0.15, -0.1) is 0 Å². The van der Waals surface area contributed by atoms with Gasteiger partial charge >= 0.3 is 0 Å². The largest absolute Gasteiger partial charge is 0.393 e. The Morgan fingerprint density at radius 2 is 1.90 bits per heavy atom. The minimum atomic E-state index is -2.11. The number of carbonyl (C=O) groups excluding carboxylic acids is 1. The minimum absolute atomic E-state index is 0.0973. The summed E-state index contributed by atoms with van der Waals surface area (Å²) in [5.41, 5.74) is -2.01. The maximum absolute atomic E-state index is 11.8. The van der Waals surface area contributed by atoms with E-state index in [1.807, 2.05) is 0 Å². The van der Waals surface area contributed by atoms with Crippen LogP contribution < -0.4 is 0 Å². The third kappa shape index (κ3) is 4.17. The number of rotatable bonds is 7. The number of aliphatic hydroxyl groups is 3. The maximum atomic E-state index is 11.8. The van der Waals surface area contributed by atoms with Crippen molar-refractivity contribution in [3.63, 3.8) is 0 Å². The fraction of sp³-hybridized carbons (Fsp3) is 0.688. The van der Waals surface area contributed by atoms with Crippen molar-refractivity contribution in [3.8, 4) is 11.8 Å². The van der Waals surface area contributed by atoms with E-state index in [0.29, 0.717) is 6.42 Å². The first-order chi connectivity index (χ1) is 9.56. The van der Waals surface area contributed by atoms with Gasteiger partial charge in [-0.25, -0.2) is 0 Å². The molecule has 4 nitrogen and oxygen atoms in total. The second-order valence-corrected chi connectivity index (χ2v) is 5.26. The third-order valence-electron chi connectivity index (χ3n) is 3.57. The molecule has 0 heterocycles. The van der Waals surface area contributed by atoms with E-state index in [9.17, 15) is 15.0 Å². The Balaban J connectivity index is 2.34. The van der Waals surface area contributed by atoms with Gasteiger partial charge in [-0.3, -0.25) is 4.79 Å². The highest BCUT2D eigenvalue weighted by molar-refractivity contribution is 6.08. The second kappa shape index (κ2) is 8.21. The van der Waals surface area contributed by atoms with Crippen LogP contribution in [-0.2, 0) is 4.79 Å². The van der Waals surface area contributed by atoms with E-state index in [2.05, 4.69) is 18.8 Å². The van der Waals surface area contributed by atoms with E-state index in [-0.39, 0.29) is 5.57 Å². The number of carbonyl (C=O) groups is 1. The summed E-state index contributed by atoms with van der Waals surface area (Å²) in [7, 11) is 0. The van der Waals surface area contributed by atoms with Crippen molar-refractivity contribution >= 4 is 5.78 Å². The molecule has 112 valence electrons. The Kier molecular flexibility index (Phi) is 6.94. The zero-order chi connectivity index (χ0) is 15.0. The van der Waals surface area contributed by atoms with Gasteiger partial charge in [0.2, 0.25) is 5.78 Å². The number of hydrogen-bond acceptors (Lipinski definition) is 4. The van der Waals surface area contributed by atoms with E-state index in [4.69, 9.17) is 5.11 Å².